The summed E-state index contributed by atoms with van der Waals surface area (Å²) in [6, 6.07) is 23.3. The van der Waals surface area contributed by atoms with E-state index >= 15 is 0 Å². The third-order valence-electron chi connectivity index (χ3n) is 5.85. The van der Waals surface area contributed by atoms with Crippen LogP contribution < -0.4 is 14.2 Å². The van der Waals surface area contributed by atoms with Gasteiger partial charge in [0.2, 0.25) is 0 Å². The number of rotatable bonds is 7. The van der Waals surface area contributed by atoms with Gasteiger partial charge in [-0.15, -0.1) is 0 Å². The molecule has 0 bridgehead atoms. The second-order valence-corrected chi connectivity index (χ2v) is 7.78. The van der Waals surface area contributed by atoms with Crippen molar-refractivity contribution >= 4 is 0 Å². The van der Waals surface area contributed by atoms with Gasteiger partial charge in [0.25, 0.3) is 0 Å². The molecule has 0 radical (unpaired) electrons. The van der Waals surface area contributed by atoms with E-state index in [4.69, 9.17) is 14.2 Å². The molecule has 1 aliphatic heterocycles. The summed E-state index contributed by atoms with van der Waals surface area (Å²) in [4.78, 5) is 2.42. The van der Waals surface area contributed by atoms with Gasteiger partial charge in [-0.3, -0.25) is 4.90 Å². The second kappa shape index (κ2) is 9.23. The minimum atomic E-state index is 0.290. The average Bonchev–Trinajstić information content (AvgIpc) is 2.79. The van der Waals surface area contributed by atoms with Gasteiger partial charge in [0.1, 0.15) is 12.4 Å². The molecule has 3 aromatic rings. The number of methoxy groups -OCH3 is 2. The van der Waals surface area contributed by atoms with Gasteiger partial charge in [-0.05, 0) is 66.4 Å². The molecule has 4 rings (SSSR count). The highest BCUT2D eigenvalue weighted by atomic mass is 16.5. The molecule has 4 nitrogen and oxygen atoms in total. The van der Waals surface area contributed by atoms with E-state index < -0.39 is 0 Å². The van der Waals surface area contributed by atoms with E-state index in [1.807, 2.05) is 24.3 Å². The monoisotopic (exact) mass is 403 g/mol. The van der Waals surface area contributed by atoms with Crippen LogP contribution in [0.1, 0.15) is 28.3 Å². The molecular weight excluding hydrogens is 374 g/mol. The fourth-order valence-corrected chi connectivity index (χ4v) is 4.15. The predicted molar refractivity (Wildman–Crippen MR) is 120 cm³/mol. The molecule has 0 aliphatic carbocycles. The van der Waals surface area contributed by atoms with Crippen LogP contribution in [0.3, 0.4) is 0 Å². The Kier molecular flexibility index (Phi) is 6.24. The Morgan fingerprint density at radius 1 is 0.867 bits per heavy atom. The van der Waals surface area contributed by atoms with Crippen molar-refractivity contribution in [3.05, 3.63) is 89.0 Å². The fourth-order valence-electron chi connectivity index (χ4n) is 4.15. The molecule has 1 aliphatic rings. The minimum Gasteiger partial charge on any atom is -0.493 e. The molecule has 1 atom stereocenters. The number of ether oxygens (including phenoxy) is 3. The van der Waals surface area contributed by atoms with Gasteiger partial charge in [0.05, 0.1) is 14.2 Å². The number of hydrogen-bond donors (Lipinski definition) is 0. The minimum absolute atomic E-state index is 0.290. The van der Waals surface area contributed by atoms with E-state index in [1.54, 1.807) is 14.2 Å². The van der Waals surface area contributed by atoms with Crippen LogP contribution in [0.25, 0.3) is 0 Å². The van der Waals surface area contributed by atoms with Gasteiger partial charge < -0.3 is 14.2 Å². The second-order valence-electron chi connectivity index (χ2n) is 7.78. The average molecular weight is 404 g/mol. The molecule has 4 heteroatoms. The maximum atomic E-state index is 6.03. The van der Waals surface area contributed by atoms with E-state index in [9.17, 15) is 0 Å². The normalized spacial score (nSPS) is 16.0. The van der Waals surface area contributed by atoms with E-state index in [-0.39, 0.29) is 6.04 Å². The van der Waals surface area contributed by atoms with Crippen molar-refractivity contribution in [1.82, 2.24) is 4.90 Å². The van der Waals surface area contributed by atoms with E-state index in [0.717, 1.165) is 36.6 Å². The van der Waals surface area contributed by atoms with Crippen LogP contribution in [0.2, 0.25) is 0 Å². The van der Waals surface area contributed by atoms with Gasteiger partial charge >= 0.3 is 0 Å². The largest absolute Gasteiger partial charge is 0.493 e. The van der Waals surface area contributed by atoms with Gasteiger partial charge in [-0.2, -0.15) is 0 Å². The summed E-state index contributed by atoms with van der Waals surface area (Å²) in [5.41, 5.74) is 5.09. The van der Waals surface area contributed by atoms with Crippen LogP contribution in [0.15, 0.2) is 66.7 Å². The molecule has 1 heterocycles. The molecule has 0 fully saturated rings. The Balaban J connectivity index is 1.54. The molecule has 0 spiro atoms. The van der Waals surface area contributed by atoms with Crippen LogP contribution in [0.5, 0.6) is 17.2 Å². The number of hydrogen-bond acceptors (Lipinski definition) is 4. The third kappa shape index (κ3) is 4.44. The van der Waals surface area contributed by atoms with Gasteiger partial charge in [0, 0.05) is 12.6 Å². The molecule has 0 amide bonds. The van der Waals surface area contributed by atoms with E-state index in [1.165, 1.54) is 22.3 Å². The molecule has 0 saturated heterocycles. The Morgan fingerprint density at radius 3 is 2.37 bits per heavy atom. The fraction of sp³-hybridized carbons (Fsp3) is 0.308. The van der Waals surface area contributed by atoms with Crippen molar-refractivity contribution in [2.75, 3.05) is 27.8 Å². The van der Waals surface area contributed by atoms with Crippen molar-refractivity contribution < 1.29 is 14.2 Å². The first-order valence-corrected chi connectivity index (χ1v) is 10.4. The Labute approximate surface area is 179 Å². The zero-order valence-corrected chi connectivity index (χ0v) is 17.9. The maximum absolute atomic E-state index is 6.03. The first kappa shape index (κ1) is 20.3. The third-order valence-corrected chi connectivity index (χ3v) is 5.85. The smallest absolute Gasteiger partial charge is 0.161 e. The lowest BCUT2D eigenvalue weighted by atomic mass is 9.88. The zero-order valence-electron chi connectivity index (χ0n) is 17.9. The van der Waals surface area contributed by atoms with Crippen molar-refractivity contribution in [2.45, 2.75) is 25.5 Å². The molecule has 30 heavy (non-hydrogen) atoms. The van der Waals surface area contributed by atoms with E-state index in [0.29, 0.717) is 6.61 Å². The quantitative estimate of drug-likeness (QED) is 0.552. The number of fused-ring (bicyclic) bond motifs is 1. The van der Waals surface area contributed by atoms with E-state index in [2.05, 4.69) is 54.4 Å². The van der Waals surface area contributed by atoms with Gasteiger partial charge in [-0.25, -0.2) is 0 Å². The summed E-state index contributed by atoms with van der Waals surface area (Å²) in [6.07, 6.45) is 1.93. The predicted octanol–water partition coefficient (Wildman–Crippen LogP) is 5.05. The molecule has 0 N–H and O–H groups in total. The van der Waals surface area contributed by atoms with Crippen molar-refractivity contribution in [1.29, 1.82) is 0 Å². The Morgan fingerprint density at radius 2 is 1.60 bits per heavy atom. The SMILES string of the molecule is COc1cc2c(cc1OC)[C@H](Cc1cccc(OCc3ccccc3)c1)N(C)CC2. The lowest BCUT2D eigenvalue weighted by Gasteiger charge is -2.35. The molecule has 3 aromatic carbocycles. The Hall–Kier alpha value is -2.98. The summed E-state index contributed by atoms with van der Waals surface area (Å²) in [5, 5.41) is 0. The molecule has 0 aromatic heterocycles. The van der Waals surface area contributed by atoms with Crippen molar-refractivity contribution in [3.8, 4) is 17.2 Å². The van der Waals surface area contributed by atoms with Gasteiger partial charge in [-0.1, -0.05) is 42.5 Å². The number of likely N-dealkylation sites (N-methyl/N-ethyl adjacent to an activating group) is 1. The van der Waals surface area contributed by atoms with Crippen LogP contribution in [-0.4, -0.2) is 32.7 Å². The maximum Gasteiger partial charge on any atom is 0.161 e. The topological polar surface area (TPSA) is 30.9 Å². The molecular formula is C26H29NO3. The number of benzene rings is 3. The molecule has 0 unspecified atom stereocenters. The lowest BCUT2D eigenvalue weighted by Crippen LogP contribution is -2.33. The molecule has 156 valence electrons. The summed E-state index contributed by atoms with van der Waals surface area (Å²) in [5.74, 6) is 2.50. The van der Waals surface area contributed by atoms with Crippen molar-refractivity contribution in [2.24, 2.45) is 0 Å². The number of nitrogens with zero attached hydrogens (tertiary/aromatic N) is 1. The highest BCUT2D eigenvalue weighted by Crippen LogP contribution is 2.39. The lowest BCUT2D eigenvalue weighted by molar-refractivity contribution is 0.227. The Bertz CT molecular complexity index is 987. The van der Waals surface area contributed by atoms with Crippen LogP contribution in [0, 0.1) is 0 Å². The van der Waals surface area contributed by atoms with Gasteiger partial charge in [0.15, 0.2) is 11.5 Å². The highest BCUT2D eigenvalue weighted by Gasteiger charge is 2.27. The van der Waals surface area contributed by atoms with Crippen LogP contribution in [-0.2, 0) is 19.4 Å². The first-order chi connectivity index (χ1) is 14.7. The van der Waals surface area contributed by atoms with Crippen LogP contribution in [0.4, 0.5) is 0 Å². The summed E-state index contributed by atoms with van der Waals surface area (Å²) >= 11 is 0. The standard InChI is InChI=1S/C26H29NO3/c1-27-13-12-21-16-25(28-2)26(29-3)17-23(21)24(27)15-20-10-7-11-22(14-20)30-18-19-8-5-4-6-9-19/h4-11,14,16-17,24H,12-13,15,18H2,1-3H3/t24-/m0/s1. The summed E-state index contributed by atoms with van der Waals surface area (Å²) in [7, 11) is 5.58. The van der Waals surface area contributed by atoms with Crippen LogP contribution >= 0.6 is 0 Å². The summed E-state index contributed by atoms with van der Waals surface area (Å²) < 4.78 is 17.1. The molecule has 0 saturated carbocycles. The highest BCUT2D eigenvalue weighted by molar-refractivity contribution is 5.50. The summed E-state index contributed by atoms with van der Waals surface area (Å²) in [6.45, 7) is 1.60. The first-order valence-electron chi connectivity index (χ1n) is 10.4. The zero-order chi connectivity index (χ0) is 20.9. The van der Waals surface area contributed by atoms with Crippen molar-refractivity contribution in [3.63, 3.8) is 0 Å².